The van der Waals surface area contributed by atoms with Gasteiger partial charge in [-0.05, 0) is 48.6 Å². The van der Waals surface area contributed by atoms with Crippen LogP contribution in [0.3, 0.4) is 0 Å². The van der Waals surface area contributed by atoms with Gasteiger partial charge in [-0.25, -0.2) is 4.98 Å². The zero-order valence-electron chi connectivity index (χ0n) is 8.32. The zero-order chi connectivity index (χ0) is 9.54. The SMILES string of the molecule is Nc1ccc(C2CC3CCC2C3)cn1. The molecule has 0 aromatic carbocycles. The summed E-state index contributed by atoms with van der Waals surface area (Å²) in [5.74, 6) is 3.35. The Balaban J connectivity index is 1.86. The fourth-order valence-corrected chi connectivity index (χ4v) is 3.29. The molecule has 2 fully saturated rings. The molecule has 2 N–H and O–H groups in total. The minimum Gasteiger partial charge on any atom is -0.384 e. The number of rotatable bonds is 1. The number of nitrogens with zero attached hydrogens (tertiary/aromatic N) is 1. The Bertz CT molecular complexity index is 331. The molecule has 2 nitrogen and oxygen atoms in total. The van der Waals surface area contributed by atoms with E-state index in [0.717, 1.165) is 17.8 Å². The van der Waals surface area contributed by atoms with Crippen molar-refractivity contribution in [2.24, 2.45) is 11.8 Å². The van der Waals surface area contributed by atoms with Gasteiger partial charge >= 0.3 is 0 Å². The lowest BCUT2D eigenvalue weighted by Crippen LogP contribution is -2.08. The molecule has 3 unspecified atom stereocenters. The van der Waals surface area contributed by atoms with E-state index in [1.807, 2.05) is 12.3 Å². The second-order valence-electron chi connectivity index (χ2n) is 4.80. The van der Waals surface area contributed by atoms with Gasteiger partial charge in [-0.2, -0.15) is 0 Å². The van der Waals surface area contributed by atoms with Crippen molar-refractivity contribution < 1.29 is 0 Å². The summed E-state index contributed by atoms with van der Waals surface area (Å²) in [4.78, 5) is 4.19. The molecule has 1 heterocycles. The first-order valence-electron chi connectivity index (χ1n) is 5.54. The summed E-state index contributed by atoms with van der Waals surface area (Å²) < 4.78 is 0. The minimum atomic E-state index is 0.636. The van der Waals surface area contributed by atoms with Crippen molar-refractivity contribution in [3.8, 4) is 0 Å². The molecule has 0 radical (unpaired) electrons. The van der Waals surface area contributed by atoms with Crippen molar-refractivity contribution in [3.05, 3.63) is 23.9 Å². The van der Waals surface area contributed by atoms with Crippen molar-refractivity contribution in [1.29, 1.82) is 0 Å². The number of hydrogen-bond acceptors (Lipinski definition) is 2. The lowest BCUT2D eigenvalue weighted by Gasteiger charge is -2.21. The molecule has 0 spiro atoms. The molecule has 74 valence electrons. The van der Waals surface area contributed by atoms with Gasteiger partial charge in [0.05, 0.1) is 0 Å². The van der Waals surface area contributed by atoms with Gasteiger partial charge in [0.25, 0.3) is 0 Å². The number of fused-ring (bicyclic) bond motifs is 2. The van der Waals surface area contributed by atoms with Crippen LogP contribution in [0.25, 0.3) is 0 Å². The molecule has 2 aliphatic rings. The second kappa shape index (κ2) is 2.97. The maximum Gasteiger partial charge on any atom is 0.123 e. The lowest BCUT2D eigenvalue weighted by molar-refractivity contribution is 0.419. The van der Waals surface area contributed by atoms with Gasteiger partial charge in [0.2, 0.25) is 0 Å². The fourth-order valence-electron chi connectivity index (χ4n) is 3.29. The van der Waals surface area contributed by atoms with E-state index in [1.165, 1.54) is 31.2 Å². The molecule has 0 amide bonds. The highest BCUT2D eigenvalue weighted by Crippen LogP contribution is 2.52. The Morgan fingerprint density at radius 3 is 2.71 bits per heavy atom. The van der Waals surface area contributed by atoms with Gasteiger partial charge in [0, 0.05) is 6.20 Å². The highest BCUT2D eigenvalue weighted by atomic mass is 14.8. The van der Waals surface area contributed by atoms with Gasteiger partial charge in [0.15, 0.2) is 0 Å². The Morgan fingerprint density at radius 1 is 1.21 bits per heavy atom. The maximum absolute atomic E-state index is 5.59. The number of nitrogen functional groups attached to an aromatic ring is 1. The van der Waals surface area contributed by atoms with Crippen molar-refractivity contribution in [2.45, 2.75) is 31.6 Å². The molecule has 14 heavy (non-hydrogen) atoms. The summed E-state index contributed by atoms with van der Waals surface area (Å²) in [5, 5.41) is 0. The summed E-state index contributed by atoms with van der Waals surface area (Å²) in [5.41, 5.74) is 7.00. The second-order valence-corrected chi connectivity index (χ2v) is 4.80. The molecule has 0 saturated heterocycles. The van der Waals surface area contributed by atoms with Gasteiger partial charge < -0.3 is 5.73 Å². The monoisotopic (exact) mass is 188 g/mol. The molecule has 3 rings (SSSR count). The van der Waals surface area contributed by atoms with Crippen LogP contribution in [0.15, 0.2) is 18.3 Å². The van der Waals surface area contributed by atoms with Crippen LogP contribution in [-0.4, -0.2) is 4.98 Å². The first-order valence-corrected chi connectivity index (χ1v) is 5.54. The molecule has 1 aromatic rings. The standard InChI is InChI=1S/C12H16N2/c13-12-4-3-10(7-14-12)11-6-8-1-2-9(11)5-8/h3-4,7-9,11H,1-2,5-6H2,(H2,13,14). The largest absolute Gasteiger partial charge is 0.384 e. The van der Waals surface area contributed by atoms with Crippen LogP contribution in [0.2, 0.25) is 0 Å². The fraction of sp³-hybridized carbons (Fsp3) is 0.583. The number of anilines is 1. The van der Waals surface area contributed by atoms with E-state index >= 15 is 0 Å². The van der Waals surface area contributed by atoms with Crippen LogP contribution >= 0.6 is 0 Å². The maximum atomic E-state index is 5.59. The van der Waals surface area contributed by atoms with E-state index < -0.39 is 0 Å². The number of nitrogens with two attached hydrogens (primary N) is 1. The van der Waals surface area contributed by atoms with E-state index in [2.05, 4.69) is 11.1 Å². The van der Waals surface area contributed by atoms with Crippen molar-refractivity contribution in [1.82, 2.24) is 4.98 Å². The first kappa shape index (κ1) is 8.27. The number of hydrogen-bond donors (Lipinski definition) is 1. The van der Waals surface area contributed by atoms with E-state index in [4.69, 9.17) is 5.73 Å². The first-order chi connectivity index (χ1) is 6.83. The Morgan fingerprint density at radius 2 is 2.14 bits per heavy atom. The lowest BCUT2D eigenvalue weighted by atomic mass is 9.84. The van der Waals surface area contributed by atoms with Gasteiger partial charge in [-0.1, -0.05) is 12.5 Å². The van der Waals surface area contributed by atoms with Crippen LogP contribution < -0.4 is 5.73 Å². The Labute approximate surface area is 84.5 Å². The van der Waals surface area contributed by atoms with Crippen molar-refractivity contribution in [2.75, 3.05) is 5.73 Å². The molecule has 2 saturated carbocycles. The average molecular weight is 188 g/mol. The van der Waals surface area contributed by atoms with E-state index in [1.54, 1.807) is 0 Å². The molecule has 2 heteroatoms. The summed E-state index contributed by atoms with van der Waals surface area (Å²) >= 11 is 0. The molecule has 0 aliphatic heterocycles. The molecule has 1 aromatic heterocycles. The summed E-state index contributed by atoms with van der Waals surface area (Å²) in [7, 11) is 0. The predicted molar refractivity (Wildman–Crippen MR) is 56.8 cm³/mol. The topological polar surface area (TPSA) is 38.9 Å². The Hall–Kier alpha value is -1.05. The van der Waals surface area contributed by atoms with Gasteiger partial charge in [0.1, 0.15) is 5.82 Å². The molecular formula is C12H16N2. The molecule has 2 aliphatic carbocycles. The van der Waals surface area contributed by atoms with Crippen LogP contribution in [-0.2, 0) is 0 Å². The quantitative estimate of drug-likeness (QED) is 0.735. The van der Waals surface area contributed by atoms with E-state index in [-0.39, 0.29) is 0 Å². The summed E-state index contributed by atoms with van der Waals surface area (Å²) in [6.45, 7) is 0. The van der Waals surface area contributed by atoms with Gasteiger partial charge in [-0.15, -0.1) is 0 Å². The number of pyridine rings is 1. The minimum absolute atomic E-state index is 0.636. The highest BCUT2D eigenvalue weighted by molar-refractivity contribution is 5.31. The van der Waals surface area contributed by atoms with Crippen LogP contribution in [0.5, 0.6) is 0 Å². The predicted octanol–water partition coefficient (Wildman–Crippen LogP) is 2.57. The van der Waals surface area contributed by atoms with Crippen molar-refractivity contribution in [3.63, 3.8) is 0 Å². The normalized spacial score (nSPS) is 35.0. The van der Waals surface area contributed by atoms with Crippen LogP contribution in [0, 0.1) is 11.8 Å². The number of aromatic nitrogens is 1. The molecular weight excluding hydrogens is 172 g/mol. The van der Waals surface area contributed by atoms with E-state index in [9.17, 15) is 0 Å². The third kappa shape index (κ3) is 1.21. The van der Waals surface area contributed by atoms with E-state index in [0.29, 0.717) is 5.82 Å². The third-order valence-electron chi connectivity index (χ3n) is 3.98. The highest BCUT2D eigenvalue weighted by Gasteiger charge is 2.40. The average Bonchev–Trinajstić information content (AvgIpc) is 2.80. The Kier molecular flexibility index (Phi) is 1.76. The molecule has 2 bridgehead atoms. The smallest absolute Gasteiger partial charge is 0.123 e. The third-order valence-corrected chi connectivity index (χ3v) is 3.98. The summed E-state index contributed by atoms with van der Waals surface area (Å²) in [6.07, 6.45) is 7.70. The molecule has 3 atom stereocenters. The van der Waals surface area contributed by atoms with Crippen LogP contribution in [0.4, 0.5) is 5.82 Å². The van der Waals surface area contributed by atoms with Gasteiger partial charge in [-0.3, -0.25) is 0 Å². The van der Waals surface area contributed by atoms with Crippen molar-refractivity contribution >= 4 is 5.82 Å². The van der Waals surface area contributed by atoms with Crippen LogP contribution in [0.1, 0.15) is 37.2 Å². The summed E-state index contributed by atoms with van der Waals surface area (Å²) in [6, 6.07) is 4.09. The zero-order valence-corrected chi connectivity index (χ0v) is 8.32.